The molecule has 1 aliphatic heterocycles. The highest BCUT2D eigenvalue weighted by atomic mass is 32.2. The first-order chi connectivity index (χ1) is 15.0. The predicted molar refractivity (Wildman–Crippen MR) is 112 cm³/mol. The fraction of sp³-hybridized carbons (Fsp3) is 0.300. The van der Waals surface area contributed by atoms with Crippen molar-refractivity contribution in [3.8, 4) is 23.1 Å². The van der Waals surface area contributed by atoms with Gasteiger partial charge in [0.05, 0.1) is 18.1 Å². The van der Waals surface area contributed by atoms with Gasteiger partial charge in [-0.25, -0.2) is 0 Å². The second-order valence-corrected chi connectivity index (χ2v) is 7.76. The molecule has 0 unspecified atom stereocenters. The Morgan fingerprint density at radius 3 is 2.77 bits per heavy atom. The zero-order valence-electron chi connectivity index (χ0n) is 16.7. The first kappa shape index (κ1) is 20.8. The average Bonchev–Trinajstić information content (AvgIpc) is 3.41. The number of hydrogen-bond donors (Lipinski definition) is 2. The highest BCUT2D eigenvalue weighted by Gasteiger charge is 2.20. The lowest BCUT2D eigenvalue weighted by atomic mass is 10.1. The maximum atomic E-state index is 12.5. The van der Waals surface area contributed by atoms with Crippen LogP contribution in [0.5, 0.6) is 11.5 Å². The second kappa shape index (κ2) is 9.13. The monoisotopic (exact) mass is 443 g/mol. The topological polar surface area (TPSA) is 135 Å². The minimum Gasteiger partial charge on any atom is -0.486 e. The highest BCUT2D eigenvalue weighted by molar-refractivity contribution is 7.99. The zero-order chi connectivity index (χ0) is 21.8. The molecule has 3 heterocycles. The molecule has 11 heteroatoms. The fourth-order valence-electron chi connectivity index (χ4n) is 3.11. The average molecular weight is 443 g/mol. The maximum Gasteiger partial charge on any atom is 0.237 e. The molecule has 2 amide bonds. The Kier molecular flexibility index (Phi) is 6.12. The summed E-state index contributed by atoms with van der Waals surface area (Å²) in [6, 6.07) is 8.78. The van der Waals surface area contributed by atoms with E-state index in [1.165, 1.54) is 10.8 Å². The number of carbonyl (C=O) groups excluding carboxylic acids is 2. The van der Waals surface area contributed by atoms with Crippen molar-refractivity contribution < 1.29 is 23.5 Å². The van der Waals surface area contributed by atoms with E-state index in [0.717, 1.165) is 17.3 Å². The van der Waals surface area contributed by atoms with Crippen LogP contribution in [-0.2, 0) is 16.1 Å². The number of nitrogens with two attached hydrogens (primary N) is 1. The number of nitrogens with one attached hydrogen (secondary N) is 1. The molecule has 0 radical (unpaired) electrons. The van der Waals surface area contributed by atoms with E-state index >= 15 is 0 Å². The molecule has 0 saturated heterocycles. The summed E-state index contributed by atoms with van der Waals surface area (Å²) in [5, 5.41) is 11.5. The predicted octanol–water partition coefficient (Wildman–Crippen LogP) is 1.76. The van der Waals surface area contributed by atoms with Gasteiger partial charge in [0.2, 0.25) is 17.6 Å². The molecule has 2 aromatic heterocycles. The van der Waals surface area contributed by atoms with Crippen LogP contribution in [0.25, 0.3) is 11.6 Å². The third-order valence-corrected chi connectivity index (χ3v) is 5.52. The standard InChI is InChI=1S/C20H21N5O5S/c1-12(13-4-5-14-16(9-13)30-8-7-29-14)22-18(27)11-31-20-24-23-19(15-3-2-6-28-15)25(20)10-17(21)26/h2-6,9,12H,7-8,10-11H2,1H3,(H2,21,26)(H,22,27)/t12-/m0/s1. The summed E-state index contributed by atoms with van der Waals surface area (Å²) >= 11 is 1.16. The van der Waals surface area contributed by atoms with Crippen molar-refractivity contribution in [3.05, 3.63) is 42.2 Å². The Bertz CT molecular complexity index is 1080. The number of aromatic nitrogens is 3. The molecule has 4 rings (SSSR count). The molecule has 0 bridgehead atoms. The van der Waals surface area contributed by atoms with Crippen LogP contribution in [0.15, 0.2) is 46.2 Å². The van der Waals surface area contributed by atoms with Crippen molar-refractivity contribution >= 4 is 23.6 Å². The van der Waals surface area contributed by atoms with Gasteiger partial charge in [0.1, 0.15) is 19.8 Å². The van der Waals surface area contributed by atoms with Gasteiger partial charge in [-0.2, -0.15) is 0 Å². The van der Waals surface area contributed by atoms with E-state index in [4.69, 9.17) is 19.6 Å². The van der Waals surface area contributed by atoms with Crippen molar-refractivity contribution in [2.75, 3.05) is 19.0 Å². The molecule has 1 aliphatic rings. The molecule has 3 aromatic rings. The number of ether oxygens (including phenoxy) is 2. The van der Waals surface area contributed by atoms with Crippen LogP contribution >= 0.6 is 11.8 Å². The second-order valence-electron chi connectivity index (χ2n) is 6.82. The molecular formula is C20H21N5O5S. The molecule has 0 saturated carbocycles. The largest absolute Gasteiger partial charge is 0.486 e. The van der Waals surface area contributed by atoms with E-state index in [0.29, 0.717) is 41.5 Å². The number of hydrogen-bond acceptors (Lipinski definition) is 8. The number of rotatable bonds is 8. The lowest BCUT2D eigenvalue weighted by Gasteiger charge is -2.21. The summed E-state index contributed by atoms with van der Waals surface area (Å²) in [4.78, 5) is 24.0. The first-order valence-corrected chi connectivity index (χ1v) is 10.6. The number of nitrogens with zero attached hydrogens (tertiary/aromatic N) is 3. The van der Waals surface area contributed by atoms with Crippen LogP contribution in [0.1, 0.15) is 18.5 Å². The van der Waals surface area contributed by atoms with Gasteiger partial charge in [0.15, 0.2) is 22.4 Å². The minimum atomic E-state index is -0.550. The van der Waals surface area contributed by atoms with Crippen LogP contribution in [-0.4, -0.2) is 45.5 Å². The van der Waals surface area contributed by atoms with Gasteiger partial charge in [0, 0.05) is 0 Å². The van der Waals surface area contributed by atoms with Crippen molar-refractivity contribution in [2.45, 2.75) is 24.7 Å². The molecule has 1 atom stereocenters. The van der Waals surface area contributed by atoms with E-state index in [1.54, 1.807) is 12.1 Å². The molecular weight excluding hydrogens is 422 g/mol. The normalized spacial score (nSPS) is 13.6. The van der Waals surface area contributed by atoms with Crippen LogP contribution in [0.3, 0.4) is 0 Å². The van der Waals surface area contributed by atoms with Crippen molar-refractivity contribution in [2.24, 2.45) is 5.73 Å². The van der Waals surface area contributed by atoms with Crippen molar-refractivity contribution in [1.82, 2.24) is 20.1 Å². The summed E-state index contributed by atoms with van der Waals surface area (Å²) in [5.41, 5.74) is 6.26. The third-order valence-electron chi connectivity index (χ3n) is 4.55. The quantitative estimate of drug-likeness (QED) is 0.503. The molecule has 3 N–H and O–H groups in total. The number of amides is 2. The number of benzene rings is 1. The number of carbonyl (C=O) groups is 2. The Morgan fingerprint density at radius 2 is 2.03 bits per heavy atom. The molecule has 1 aromatic carbocycles. The summed E-state index contributed by atoms with van der Waals surface area (Å²) in [5.74, 6) is 1.54. The van der Waals surface area contributed by atoms with Gasteiger partial charge in [-0.1, -0.05) is 17.8 Å². The van der Waals surface area contributed by atoms with Gasteiger partial charge in [0.25, 0.3) is 0 Å². The molecule has 10 nitrogen and oxygen atoms in total. The van der Waals surface area contributed by atoms with E-state index in [9.17, 15) is 9.59 Å². The van der Waals surface area contributed by atoms with E-state index in [1.807, 2.05) is 25.1 Å². The van der Waals surface area contributed by atoms with Crippen LogP contribution < -0.4 is 20.5 Å². The number of primary amides is 1. The van der Waals surface area contributed by atoms with Gasteiger partial charge < -0.3 is 24.9 Å². The van der Waals surface area contributed by atoms with E-state index in [2.05, 4.69) is 15.5 Å². The summed E-state index contributed by atoms with van der Waals surface area (Å²) in [7, 11) is 0. The highest BCUT2D eigenvalue weighted by Crippen LogP contribution is 2.32. The lowest BCUT2D eigenvalue weighted by Crippen LogP contribution is -2.28. The summed E-state index contributed by atoms with van der Waals surface area (Å²) in [6.45, 7) is 2.79. The molecule has 162 valence electrons. The summed E-state index contributed by atoms with van der Waals surface area (Å²) < 4.78 is 18.0. The van der Waals surface area contributed by atoms with Gasteiger partial charge in [-0.3, -0.25) is 14.2 Å². The lowest BCUT2D eigenvalue weighted by molar-refractivity contribution is -0.119. The molecule has 0 fully saturated rings. The molecule has 0 aliphatic carbocycles. The van der Waals surface area contributed by atoms with Crippen LogP contribution in [0.2, 0.25) is 0 Å². The Hall–Kier alpha value is -3.47. The van der Waals surface area contributed by atoms with Crippen LogP contribution in [0, 0.1) is 0 Å². The summed E-state index contributed by atoms with van der Waals surface area (Å²) in [6.07, 6.45) is 1.50. The van der Waals surface area contributed by atoms with Crippen molar-refractivity contribution in [3.63, 3.8) is 0 Å². The number of thioether (sulfide) groups is 1. The van der Waals surface area contributed by atoms with Gasteiger partial charge in [-0.15, -0.1) is 10.2 Å². The Labute approximate surface area is 182 Å². The minimum absolute atomic E-state index is 0.0872. The number of fused-ring (bicyclic) bond motifs is 1. The van der Waals surface area contributed by atoms with E-state index in [-0.39, 0.29) is 24.2 Å². The Balaban J connectivity index is 1.40. The van der Waals surface area contributed by atoms with Crippen molar-refractivity contribution in [1.29, 1.82) is 0 Å². The molecule has 31 heavy (non-hydrogen) atoms. The molecule has 0 spiro atoms. The Morgan fingerprint density at radius 1 is 1.23 bits per heavy atom. The van der Waals surface area contributed by atoms with Crippen LogP contribution in [0.4, 0.5) is 0 Å². The SMILES string of the molecule is C[C@H](NC(=O)CSc1nnc(-c2ccco2)n1CC(N)=O)c1ccc2c(c1)OCCO2. The third kappa shape index (κ3) is 4.82. The van der Waals surface area contributed by atoms with Gasteiger partial charge >= 0.3 is 0 Å². The van der Waals surface area contributed by atoms with Gasteiger partial charge in [-0.05, 0) is 36.8 Å². The van der Waals surface area contributed by atoms with E-state index < -0.39 is 5.91 Å². The smallest absolute Gasteiger partial charge is 0.237 e. The number of furan rings is 1. The maximum absolute atomic E-state index is 12.5. The zero-order valence-corrected chi connectivity index (χ0v) is 17.6. The fourth-order valence-corrected chi connectivity index (χ4v) is 3.86. The first-order valence-electron chi connectivity index (χ1n) is 9.58.